The molecule has 2 aromatic carbocycles. The number of aromatic hydroxyl groups is 2. The molecule has 2 aromatic heterocycles. The summed E-state index contributed by atoms with van der Waals surface area (Å²) in [6, 6.07) is 10.3. The van der Waals surface area contributed by atoms with Crippen LogP contribution in [0.15, 0.2) is 47.4 Å². The lowest BCUT2D eigenvalue weighted by molar-refractivity contribution is 0.144. The maximum absolute atomic E-state index is 12.6. The fraction of sp³-hybridized carbons (Fsp3) is 0.261. The molecule has 0 aliphatic heterocycles. The number of alkyl carbamates (subject to hydrolysis) is 1. The number of benzene rings is 2. The Morgan fingerprint density at radius 1 is 1.18 bits per heavy atom. The number of H-pyrrole nitrogens is 1. The molecule has 0 fully saturated rings. The molecule has 0 radical (unpaired) electrons. The summed E-state index contributed by atoms with van der Waals surface area (Å²) < 4.78 is 8.38. The highest BCUT2D eigenvalue weighted by Crippen LogP contribution is 2.37. The number of carbonyl (C=O) groups excluding carboxylic acids is 1. The minimum Gasteiger partial charge on any atom is -0.508 e. The van der Waals surface area contributed by atoms with Gasteiger partial charge in [-0.2, -0.15) is 5.10 Å². The Hall–Kier alpha value is -4.21. The summed E-state index contributed by atoms with van der Waals surface area (Å²) in [5.41, 5.74) is 1.98. The van der Waals surface area contributed by atoms with Crippen molar-refractivity contribution in [1.82, 2.24) is 24.6 Å². The molecule has 10 nitrogen and oxygen atoms in total. The molecule has 172 valence electrons. The van der Waals surface area contributed by atoms with Crippen molar-refractivity contribution in [3.63, 3.8) is 0 Å². The molecule has 0 unspecified atom stereocenters. The second-order valence-corrected chi connectivity index (χ2v) is 7.91. The van der Waals surface area contributed by atoms with Crippen LogP contribution in [0.4, 0.5) is 4.79 Å². The number of amides is 1. The molecule has 0 atom stereocenters. The van der Waals surface area contributed by atoms with Crippen LogP contribution in [0, 0.1) is 0 Å². The van der Waals surface area contributed by atoms with E-state index in [1.165, 1.54) is 17.7 Å². The van der Waals surface area contributed by atoms with E-state index in [0.717, 1.165) is 10.9 Å². The average molecular weight is 451 g/mol. The summed E-state index contributed by atoms with van der Waals surface area (Å²) in [6.45, 7) is 4.54. The van der Waals surface area contributed by atoms with Crippen molar-refractivity contribution in [2.75, 3.05) is 13.7 Å². The summed E-state index contributed by atoms with van der Waals surface area (Å²) in [7, 11) is 1.50. The smallest absolute Gasteiger partial charge is 0.406 e. The Labute approximate surface area is 189 Å². The maximum Gasteiger partial charge on any atom is 0.406 e. The molecule has 0 saturated heterocycles. The minimum absolute atomic E-state index is 0.00644. The van der Waals surface area contributed by atoms with Crippen LogP contribution >= 0.6 is 0 Å². The number of aromatic amines is 1. The van der Waals surface area contributed by atoms with Gasteiger partial charge in [-0.25, -0.2) is 19.3 Å². The van der Waals surface area contributed by atoms with E-state index in [1.807, 2.05) is 42.8 Å². The van der Waals surface area contributed by atoms with E-state index in [-0.39, 0.29) is 29.8 Å². The zero-order chi connectivity index (χ0) is 23.7. The standard InChI is InChI=1S/C23H25N5O5/c1-13(2)16-11-17(20(30)12-19(16)29)21-25-26-22(31)28(21)15-4-5-18-14(10-15)6-7-27(18)8-9-33-23(32)24-3/h4-7,10-13,29-30H,8-9H2,1-3H3,(H,24,32)(H,26,31). The molecule has 4 rings (SSSR count). The van der Waals surface area contributed by atoms with E-state index in [4.69, 9.17) is 4.74 Å². The summed E-state index contributed by atoms with van der Waals surface area (Å²) in [5.74, 6) is 0.0449. The number of nitrogens with one attached hydrogen (secondary N) is 2. The van der Waals surface area contributed by atoms with Gasteiger partial charge in [-0.15, -0.1) is 0 Å². The number of ether oxygens (including phenoxy) is 1. The molecular formula is C23H25N5O5. The number of nitrogens with zero attached hydrogens (tertiary/aromatic N) is 3. The molecule has 0 spiro atoms. The molecule has 1 amide bonds. The summed E-state index contributed by atoms with van der Waals surface area (Å²) in [4.78, 5) is 23.9. The molecule has 0 bridgehead atoms. The van der Waals surface area contributed by atoms with Crippen LogP contribution < -0.4 is 11.0 Å². The Kier molecular flexibility index (Phi) is 5.82. The monoisotopic (exact) mass is 451 g/mol. The molecule has 0 aliphatic rings. The van der Waals surface area contributed by atoms with E-state index in [2.05, 4.69) is 15.5 Å². The van der Waals surface area contributed by atoms with Crippen LogP contribution in [-0.2, 0) is 11.3 Å². The molecular weight excluding hydrogens is 426 g/mol. The van der Waals surface area contributed by atoms with E-state index < -0.39 is 11.8 Å². The molecule has 4 N–H and O–H groups in total. The lowest BCUT2D eigenvalue weighted by atomic mass is 9.98. The Morgan fingerprint density at radius 2 is 1.97 bits per heavy atom. The fourth-order valence-corrected chi connectivity index (χ4v) is 3.78. The first-order chi connectivity index (χ1) is 15.8. The van der Waals surface area contributed by atoms with Crippen molar-refractivity contribution in [2.24, 2.45) is 0 Å². The predicted octanol–water partition coefficient (Wildman–Crippen LogP) is 3.07. The van der Waals surface area contributed by atoms with Crippen molar-refractivity contribution >= 4 is 17.0 Å². The summed E-state index contributed by atoms with van der Waals surface area (Å²) >= 11 is 0. The highest BCUT2D eigenvalue weighted by atomic mass is 16.5. The van der Waals surface area contributed by atoms with Crippen LogP contribution in [0.25, 0.3) is 28.0 Å². The second-order valence-electron chi connectivity index (χ2n) is 7.91. The zero-order valence-corrected chi connectivity index (χ0v) is 18.5. The van der Waals surface area contributed by atoms with E-state index in [1.54, 1.807) is 12.1 Å². The number of hydrogen-bond acceptors (Lipinski definition) is 6. The van der Waals surface area contributed by atoms with Gasteiger partial charge in [0.15, 0.2) is 5.82 Å². The number of phenolic OH excluding ortho intramolecular Hbond substituents is 2. The third-order valence-electron chi connectivity index (χ3n) is 5.46. The van der Waals surface area contributed by atoms with Crippen molar-refractivity contribution in [3.8, 4) is 28.6 Å². The van der Waals surface area contributed by atoms with Gasteiger partial charge >= 0.3 is 11.8 Å². The van der Waals surface area contributed by atoms with Gasteiger partial charge < -0.3 is 24.8 Å². The van der Waals surface area contributed by atoms with E-state index >= 15 is 0 Å². The second kappa shape index (κ2) is 8.73. The number of hydrogen-bond donors (Lipinski definition) is 4. The van der Waals surface area contributed by atoms with Gasteiger partial charge in [-0.3, -0.25) is 0 Å². The molecule has 10 heteroatoms. The Balaban J connectivity index is 1.72. The lowest BCUT2D eigenvalue weighted by Gasteiger charge is -2.13. The number of fused-ring (bicyclic) bond motifs is 1. The topological polar surface area (TPSA) is 134 Å². The third kappa shape index (κ3) is 4.14. The first kappa shape index (κ1) is 22.0. The van der Waals surface area contributed by atoms with E-state index in [9.17, 15) is 19.8 Å². The number of rotatable bonds is 6. The van der Waals surface area contributed by atoms with Gasteiger partial charge in [0.25, 0.3) is 0 Å². The first-order valence-electron chi connectivity index (χ1n) is 10.5. The maximum atomic E-state index is 12.6. The van der Waals surface area contributed by atoms with Crippen LogP contribution in [-0.4, -0.2) is 49.3 Å². The quantitative estimate of drug-likeness (QED) is 0.356. The van der Waals surface area contributed by atoms with Crippen molar-refractivity contribution in [3.05, 3.63) is 58.6 Å². The Morgan fingerprint density at radius 3 is 2.70 bits per heavy atom. The zero-order valence-electron chi connectivity index (χ0n) is 18.5. The lowest BCUT2D eigenvalue weighted by Crippen LogP contribution is -2.21. The van der Waals surface area contributed by atoms with Crippen LogP contribution in [0.2, 0.25) is 0 Å². The Bertz CT molecular complexity index is 1380. The van der Waals surface area contributed by atoms with Crippen LogP contribution in [0.3, 0.4) is 0 Å². The first-order valence-corrected chi connectivity index (χ1v) is 10.5. The SMILES string of the molecule is CNC(=O)OCCn1ccc2cc(-n3c(-c4cc(C(C)C)c(O)cc4O)n[nH]c3=O)ccc21. The highest BCUT2D eigenvalue weighted by Gasteiger charge is 2.20. The number of phenols is 2. The summed E-state index contributed by atoms with van der Waals surface area (Å²) in [5, 5.41) is 30.5. The molecule has 0 aliphatic carbocycles. The average Bonchev–Trinajstić information content (AvgIpc) is 3.36. The molecule has 0 saturated carbocycles. The van der Waals surface area contributed by atoms with Crippen LogP contribution in [0.1, 0.15) is 25.3 Å². The largest absolute Gasteiger partial charge is 0.508 e. The predicted molar refractivity (Wildman–Crippen MR) is 123 cm³/mol. The third-order valence-corrected chi connectivity index (χ3v) is 5.46. The van der Waals surface area contributed by atoms with Gasteiger partial charge in [-0.05, 0) is 41.8 Å². The highest BCUT2D eigenvalue weighted by molar-refractivity contribution is 5.83. The van der Waals surface area contributed by atoms with Gasteiger partial charge in [0.1, 0.15) is 18.1 Å². The molecule has 2 heterocycles. The molecule has 33 heavy (non-hydrogen) atoms. The van der Waals surface area contributed by atoms with E-state index in [0.29, 0.717) is 23.4 Å². The normalized spacial score (nSPS) is 11.3. The van der Waals surface area contributed by atoms with Crippen molar-refractivity contribution in [2.45, 2.75) is 26.3 Å². The summed E-state index contributed by atoms with van der Waals surface area (Å²) in [6.07, 6.45) is 1.39. The van der Waals surface area contributed by atoms with Gasteiger partial charge in [0.2, 0.25) is 0 Å². The number of aromatic nitrogens is 4. The number of carbonyl (C=O) groups is 1. The van der Waals surface area contributed by atoms with Gasteiger partial charge in [0, 0.05) is 30.2 Å². The van der Waals surface area contributed by atoms with Gasteiger partial charge in [-0.1, -0.05) is 13.8 Å². The van der Waals surface area contributed by atoms with Crippen LogP contribution in [0.5, 0.6) is 11.5 Å². The molecule has 4 aromatic rings. The van der Waals surface area contributed by atoms with Crippen molar-refractivity contribution in [1.29, 1.82) is 0 Å². The van der Waals surface area contributed by atoms with Crippen molar-refractivity contribution < 1.29 is 19.7 Å². The minimum atomic E-state index is -0.487. The van der Waals surface area contributed by atoms with Gasteiger partial charge in [0.05, 0.1) is 17.8 Å². The fourth-order valence-electron chi connectivity index (χ4n) is 3.78.